The number of carbonyl (C=O) groups is 1. The van der Waals surface area contributed by atoms with Crippen molar-refractivity contribution in [3.63, 3.8) is 0 Å². The molecule has 1 heterocycles. The van der Waals surface area contributed by atoms with Gasteiger partial charge in [-0.15, -0.1) is 0 Å². The van der Waals surface area contributed by atoms with Gasteiger partial charge in [0.15, 0.2) is 0 Å². The zero-order valence-electron chi connectivity index (χ0n) is 14.0. The van der Waals surface area contributed by atoms with Crippen molar-refractivity contribution in [2.45, 2.75) is 45.7 Å². The monoisotopic (exact) mass is 347 g/mol. The molecule has 1 aromatic carbocycles. The number of aliphatic hydroxyl groups excluding tert-OH is 1. The predicted octanol–water partition coefficient (Wildman–Crippen LogP) is 2.43. The van der Waals surface area contributed by atoms with Crippen LogP contribution in [0.1, 0.15) is 39.6 Å². The third-order valence-electron chi connectivity index (χ3n) is 4.54. The van der Waals surface area contributed by atoms with E-state index >= 15 is 0 Å². The van der Waals surface area contributed by atoms with Gasteiger partial charge in [-0.2, -0.15) is 0 Å². The van der Waals surface area contributed by atoms with Gasteiger partial charge in [-0.05, 0) is 44.4 Å². The second-order valence-electron chi connectivity index (χ2n) is 6.32. The van der Waals surface area contributed by atoms with Crippen LogP contribution in [0.5, 0.6) is 0 Å². The highest BCUT2D eigenvalue weighted by atomic mass is 35.5. The molecule has 1 aromatic heterocycles. The van der Waals surface area contributed by atoms with Gasteiger partial charge in [0, 0.05) is 24.7 Å². The quantitative estimate of drug-likeness (QED) is 0.892. The van der Waals surface area contributed by atoms with E-state index < -0.39 is 0 Å². The summed E-state index contributed by atoms with van der Waals surface area (Å²) in [4.78, 5) is 17.1. The molecule has 1 atom stereocenters. The molecule has 5 nitrogen and oxygen atoms in total. The van der Waals surface area contributed by atoms with Gasteiger partial charge in [-0.1, -0.05) is 17.7 Å². The summed E-state index contributed by atoms with van der Waals surface area (Å²) in [6.45, 7) is 4.58. The average Bonchev–Trinajstić information content (AvgIpc) is 2.83. The van der Waals surface area contributed by atoms with E-state index in [0.29, 0.717) is 23.6 Å². The lowest BCUT2D eigenvalue weighted by Crippen LogP contribution is -2.39. The number of benzene rings is 1. The summed E-state index contributed by atoms with van der Waals surface area (Å²) in [6, 6.07) is 5.51. The van der Waals surface area contributed by atoms with Crippen LogP contribution in [0.2, 0.25) is 5.02 Å². The molecule has 1 amide bonds. The Bertz CT molecular complexity index is 770. The highest BCUT2D eigenvalue weighted by Crippen LogP contribution is 2.23. The van der Waals surface area contributed by atoms with Crippen molar-refractivity contribution < 1.29 is 9.90 Å². The third-order valence-corrected chi connectivity index (χ3v) is 4.86. The van der Waals surface area contributed by atoms with Crippen LogP contribution in [0, 0.1) is 13.8 Å². The second kappa shape index (κ2) is 6.95. The molecule has 0 bridgehead atoms. The van der Waals surface area contributed by atoms with E-state index in [4.69, 9.17) is 11.6 Å². The van der Waals surface area contributed by atoms with Crippen LogP contribution in [0.25, 0.3) is 0 Å². The molecule has 0 saturated carbocycles. The number of aliphatic hydroxyl groups is 1. The minimum atomic E-state index is -0.139. The fourth-order valence-corrected chi connectivity index (χ4v) is 3.67. The molecule has 24 heavy (non-hydrogen) atoms. The van der Waals surface area contributed by atoms with Gasteiger partial charge in [0.2, 0.25) is 0 Å². The molecule has 0 aliphatic heterocycles. The third kappa shape index (κ3) is 3.32. The molecule has 128 valence electrons. The number of halogens is 1. The van der Waals surface area contributed by atoms with E-state index in [1.54, 1.807) is 12.1 Å². The number of fused-ring (bicyclic) bond motifs is 1. The van der Waals surface area contributed by atoms with Gasteiger partial charge in [-0.3, -0.25) is 4.79 Å². The van der Waals surface area contributed by atoms with Crippen LogP contribution in [-0.2, 0) is 19.4 Å². The van der Waals surface area contributed by atoms with Crippen LogP contribution < -0.4 is 5.32 Å². The zero-order chi connectivity index (χ0) is 17.3. The smallest absolute Gasteiger partial charge is 0.253 e. The molecule has 2 aromatic rings. The minimum Gasteiger partial charge on any atom is -0.395 e. The van der Waals surface area contributed by atoms with Crippen molar-refractivity contribution in [2.24, 2.45) is 0 Å². The van der Waals surface area contributed by atoms with Gasteiger partial charge in [0.25, 0.3) is 5.91 Å². The number of aromatic nitrogens is 2. The van der Waals surface area contributed by atoms with Gasteiger partial charge < -0.3 is 15.0 Å². The van der Waals surface area contributed by atoms with Crippen molar-refractivity contribution in [2.75, 3.05) is 6.61 Å². The summed E-state index contributed by atoms with van der Waals surface area (Å²) < 4.78 is 2.07. The lowest BCUT2D eigenvalue weighted by atomic mass is 9.95. The van der Waals surface area contributed by atoms with Crippen LogP contribution in [-0.4, -0.2) is 33.2 Å². The maximum absolute atomic E-state index is 12.5. The minimum absolute atomic E-state index is 0.0549. The second-order valence-corrected chi connectivity index (χ2v) is 6.73. The highest BCUT2D eigenvalue weighted by Gasteiger charge is 2.26. The van der Waals surface area contributed by atoms with Crippen molar-refractivity contribution in [3.8, 4) is 0 Å². The first kappa shape index (κ1) is 17.0. The van der Waals surface area contributed by atoms with Gasteiger partial charge in [0.05, 0.1) is 22.9 Å². The Hall–Kier alpha value is -1.85. The number of hydrogen-bond acceptors (Lipinski definition) is 3. The number of nitrogens with one attached hydrogen (secondary N) is 1. The number of nitrogens with zero attached hydrogens (tertiary/aromatic N) is 2. The Morgan fingerprint density at radius 2 is 2.25 bits per heavy atom. The van der Waals surface area contributed by atoms with Gasteiger partial charge >= 0.3 is 0 Å². The standard InChI is InChI=1S/C18H22ClN3O2/c1-11-3-5-14(15(19)9-11)18(24)21-13-4-6-17-16(10-13)20-12(2)22(17)7-8-23/h3,5,9,13,23H,4,6-8,10H2,1-2H3,(H,21,24)/t13-/m1/s1. The van der Waals surface area contributed by atoms with Crippen molar-refractivity contribution in [1.29, 1.82) is 0 Å². The number of rotatable bonds is 4. The topological polar surface area (TPSA) is 67.2 Å². The molecule has 1 aliphatic rings. The maximum atomic E-state index is 12.5. The zero-order valence-corrected chi connectivity index (χ0v) is 14.7. The maximum Gasteiger partial charge on any atom is 0.253 e. The summed E-state index contributed by atoms with van der Waals surface area (Å²) in [6.07, 6.45) is 2.42. The Kier molecular flexibility index (Phi) is 4.92. The number of imidazole rings is 1. The van der Waals surface area contributed by atoms with Gasteiger partial charge in [0.1, 0.15) is 5.82 Å². The summed E-state index contributed by atoms with van der Waals surface area (Å²) in [5, 5.41) is 12.7. The molecule has 6 heteroatoms. The summed E-state index contributed by atoms with van der Waals surface area (Å²) in [5.41, 5.74) is 3.74. The lowest BCUT2D eigenvalue weighted by Gasteiger charge is -2.24. The molecule has 0 radical (unpaired) electrons. The average molecular weight is 348 g/mol. The van der Waals surface area contributed by atoms with E-state index in [1.165, 1.54) is 5.69 Å². The molecule has 3 rings (SSSR count). The first-order valence-electron chi connectivity index (χ1n) is 8.22. The molecular weight excluding hydrogens is 326 g/mol. The van der Waals surface area contributed by atoms with E-state index in [2.05, 4.69) is 14.9 Å². The largest absolute Gasteiger partial charge is 0.395 e. The molecule has 0 fully saturated rings. The fourth-order valence-electron chi connectivity index (χ4n) is 3.35. The lowest BCUT2D eigenvalue weighted by molar-refractivity contribution is 0.0933. The number of amides is 1. The number of hydrogen-bond donors (Lipinski definition) is 2. The summed E-state index contributed by atoms with van der Waals surface area (Å²) >= 11 is 6.18. The summed E-state index contributed by atoms with van der Waals surface area (Å²) in [7, 11) is 0. The van der Waals surface area contributed by atoms with Crippen LogP contribution in [0.3, 0.4) is 0 Å². The first-order valence-corrected chi connectivity index (χ1v) is 8.60. The Balaban J connectivity index is 1.72. The molecule has 1 aliphatic carbocycles. The number of carbonyl (C=O) groups excluding carboxylic acids is 1. The van der Waals surface area contributed by atoms with Crippen LogP contribution in [0.4, 0.5) is 0 Å². The molecule has 0 unspecified atom stereocenters. The van der Waals surface area contributed by atoms with Crippen molar-refractivity contribution >= 4 is 17.5 Å². The van der Waals surface area contributed by atoms with Crippen LogP contribution >= 0.6 is 11.6 Å². The predicted molar refractivity (Wildman–Crippen MR) is 93.5 cm³/mol. The molecule has 0 spiro atoms. The number of aryl methyl sites for hydroxylation is 2. The van der Waals surface area contributed by atoms with Crippen molar-refractivity contribution in [1.82, 2.24) is 14.9 Å². The van der Waals surface area contributed by atoms with E-state index in [1.807, 2.05) is 19.9 Å². The van der Waals surface area contributed by atoms with E-state index in [9.17, 15) is 9.90 Å². The van der Waals surface area contributed by atoms with Crippen molar-refractivity contribution in [3.05, 3.63) is 51.6 Å². The Morgan fingerprint density at radius 1 is 1.46 bits per heavy atom. The summed E-state index contributed by atoms with van der Waals surface area (Å²) in [5.74, 6) is 0.780. The van der Waals surface area contributed by atoms with Gasteiger partial charge in [-0.25, -0.2) is 4.98 Å². The Morgan fingerprint density at radius 3 is 2.96 bits per heavy atom. The molecular formula is C18H22ClN3O2. The fraction of sp³-hybridized carbons (Fsp3) is 0.444. The SMILES string of the molecule is Cc1ccc(C(=O)N[C@@H]2CCc3c(nc(C)n3CCO)C2)c(Cl)c1. The van der Waals surface area contributed by atoms with E-state index in [-0.39, 0.29) is 18.6 Å². The molecule has 2 N–H and O–H groups in total. The molecule has 0 saturated heterocycles. The first-order chi connectivity index (χ1) is 11.5. The van der Waals surface area contributed by atoms with Crippen LogP contribution in [0.15, 0.2) is 18.2 Å². The van der Waals surface area contributed by atoms with E-state index in [0.717, 1.165) is 29.9 Å². The highest BCUT2D eigenvalue weighted by molar-refractivity contribution is 6.33. The Labute approximate surface area is 146 Å². The normalized spacial score (nSPS) is 16.8.